The van der Waals surface area contributed by atoms with Crippen LogP contribution in [0.5, 0.6) is 0 Å². The molecule has 0 spiro atoms. The Labute approximate surface area is 73.7 Å². The van der Waals surface area contributed by atoms with Gasteiger partial charge in [-0.2, -0.15) is 0 Å². The van der Waals surface area contributed by atoms with Gasteiger partial charge < -0.3 is 9.64 Å². The summed E-state index contributed by atoms with van der Waals surface area (Å²) in [5, 5.41) is 0. The maximum Gasteiger partial charge on any atom is 0.225 e. The third-order valence-corrected chi connectivity index (χ3v) is 2.14. The topological polar surface area (TPSA) is 29.5 Å². The summed E-state index contributed by atoms with van der Waals surface area (Å²) in [7, 11) is 0. The number of carbonyl (C=O) groups excluding carboxylic acids is 1. The van der Waals surface area contributed by atoms with E-state index in [1.165, 1.54) is 0 Å². The van der Waals surface area contributed by atoms with Crippen molar-refractivity contribution in [3.8, 4) is 0 Å². The van der Waals surface area contributed by atoms with Crippen LogP contribution in [0.25, 0.3) is 0 Å². The number of hydrogen-bond acceptors (Lipinski definition) is 2. The monoisotopic (exact) mass is 171 g/mol. The highest BCUT2D eigenvalue weighted by Gasteiger charge is 2.24. The Bertz CT molecular complexity index is 168. The van der Waals surface area contributed by atoms with E-state index in [1.807, 2.05) is 25.7 Å². The van der Waals surface area contributed by atoms with Gasteiger partial charge in [-0.05, 0) is 6.92 Å². The zero-order chi connectivity index (χ0) is 9.14. The van der Waals surface area contributed by atoms with Crippen LogP contribution in [0.15, 0.2) is 0 Å². The fraction of sp³-hybridized carbons (Fsp3) is 0.889. The van der Waals surface area contributed by atoms with Crippen molar-refractivity contribution in [2.45, 2.75) is 26.8 Å². The highest BCUT2D eigenvalue weighted by Crippen LogP contribution is 2.10. The standard InChI is InChI=1S/C9H17NO2/c1-7(2)9(11)10-4-5-12-6-8(10)3/h7-8H,4-6H2,1-3H3/t8-/m0/s1. The van der Waals surface area contributed by atoms with Gasteiger partial charge in [-0.25, -0.2) is 0 Å². The van der Waals surface area contributed by atoms with Crippen molar-refractivity contribution in [3.63, 3.8) is 0 Å². The Morgan fingerprint density at radius 1 is 1.58 bits per heavy atom. The minimum Gasteiger partial charge on any atom is -0.377 e. The molecule has 0 aliphatic carbocycles. The lowest BCUT2D eigenvalue weighted by molar-refractivity contribution is -0.142. The zero-order valence-corrected chi connectivity index (χ0v) is 8.04. The van der Waals surface area contributed by atoms with Gasteiger partial charge in [0, 0.05) is 12.5 Å². The van der Waals surface area contributed by atoms with E-state index in [9.17, 15) is 4.79 Å². The number of morpholine rings is 1. The van der Waals surface area contributed by atoms with Crippen molar-refractivity contribution >= 4 is 5.91 Å². The van der Waals surface area contributed by atoms with Crippen LogP contribution in [0.1, 0.15) is 20.8 Å². The predicted molar refractivity (Wildman–Crippen MR) is 46.8 cm³/mol. The third-order valence-electron chi connectivity index (χ3n) is 2.14. The average molecular weight is 171 g/mol. The average Bonchev–Trinajstić information content (AvgIpc) is 2.04. The molecule has 1 aliphatic rings. The molecule has 0 bridgehead atoms. The molecule has 0 N–H and O–H groups in total. The van der Waals surface area contributed by atoms with Crippen LogP contribution in [0, 0.1) is 5.92 Å². The van der Waals surface area contributed by atoms with Crippen LogP contribution in [-0.2, 0) is 9.53 Å². The summed E-state index contributed by atoms with van der Waals surface area (Å²) in [6, 6.07) is 0.244. The van der Waals surface area contributed by atoms with E-state index in [0.29, 0.717) is 13.2 Å². The molecule has 0 aromatic heterocycles. The number of rotatable bonds is 1. The summed E-state index contributed by atoms with van der Waals surface area (Å²) < 4.78 is 5.25. The Kier molecular flexibility index (Phi) is 3.09. The van der Waals surface area contributed by atoms with Crippen molar-refractivity contribution in [1.29, 1.82) is 0 Å². The van der Waals surface area contributed by atoms with Crippen LogP contribution >= 0.6 is 0 Å². The fourth-order valence-electron chi connectivity index (χ4n) is 1.39. The van der Waals surface area contributed by atoms with Crippen LogP contribution in [0.3, 0.4) is 0 Å². The van der Waals surface area contributed by atoms with Gasteiger partial charge in [-0.1, -0.05) is 13.8 Å². The van der Waals surface area contributed by atoms with E-state index < -0.39 is 0 Å². The van der Waals surface area contributed by atoms with E-state index in [4.69, 9.17) is 4.74 Å². The summed E-state index contributed by atoms with van der Waals surface area (Å²) in [4.78, 5) is 13.5. The van der Waals surface area contributed by atoms with Gasteiger partial charge in [0.15, 0.2) is 0 Å². The SMILES string of the molecule is CC(C)C(=O)N1CCOC[C@@H]1C. The van der Waals surface area contributed by atoms with Gasteiger partial charge in [-0.15, -0.1) is 0 Å². The van der Waals surface area contributed by atoms with E-state index in [0.717, 1.165) is 6.54 Å². The molecule has 0 aromatic carbocycles. The number of hydrogen-bond donors (Lipinski definition) is 0. The maximum atomic E-state index is 11.6. The first-order valence-electron chi connectivity index (χ1n) is 4.51. The molecule has 1 saturated heterocycles. The van der Waals surface area contributed by atoms with Crippen molar-refractivity contribution in [1.82, 2.24) is 4.90 Å². The number of ether oxygens (including phenoxy) is 1. The highest BCUT2D eigenvalue weighted by molar-refractivity contribution is 5.78. The Hall–Kier alpha value is -0.570. The Morgan fingerprint density at radius 3 is 2.75 bits per heavy atom. The molecule has 0 radical (unpaired) electrons. The number of nitrogens with zero attached hydrogens (tertiary/aromatic N) is 1. The van der Waals surface area contributed by atoms with Gasteiger partial charge in [-0.3, -0.25) is 4.79 Å². The van der Waals surface area contributed by atoms with E-state index in [2.05, 4.69) is 0 Å². The van der Waals surface area contributed by atoms with Crippen molar-refractivity contribution < 1.29 is 9.53 Å². The second-order valence-electron chi connectivity index (χ2n) is 3.61. The fourth-order valence-corrected chi connectivity index (χ4v) is 1.39. The molecule has 1 fully saturated rings. The lowest BCUT2D eigenvalue weighted by Crippen LogP contribution is -2.48. The molecule has 12 heavy (non-hydrogen) atoms. The molecular weight excluding hydrogens is 154 g/mol. The Morgan fingerprint density at radius 2 is 2.25 bits per heavy atom. The van der Waals surface area contributed by atoms with Crippen molar-refractivity contribution in [3.05, 3.63) is 0 Å². The first kappa shape index (κ1) is 9.52. The smallest absolute Gasteiger partial charge is 0.225 e. The minimum absolute atomic E-state index is 0.102. The van der Waals surface area contributed by atoms with Crippen LogP contribution in [-0.4, -0.2) is 36.6 Å². The lowest BCUT2D eigenvalue weighted by atomic mass is 10.1. The summed E-state index contributed by atoms with van der Waals surface area (Å²) in [6.07, 6.45) is 0. The molecule has 1 amide bonds. The van der Waals surface area contributed by atoms with Gasteiger partial charge in [0.2, 0.25) is 5.91 Å². The van der Waals surface area contributed by atoms with Crippen LogP contribution < -0.4 is 0 Å². The van der Waals surface area contributed by atoms with Crippen molar-refractivity contribution in [2.24, 2.45) is 5.92 Å². The second-order valence-corrected chi connectivity index (χ2v) is 3.61. The van der Waals surface area contributed by atoms with E-state index in [-0.39, 0.29) is 17.9 Å². The molecule has 1 heterocycles. The van der Waals surface area contributed by atoms with Crippen LogP contribution in [0.4, 0.5) is 0 Å². The lowest BCUT2D eigenvalue weighted by Gasteiger charge is -2.34. The molecule has 70 valence electrons. The van der Waals surface area contributed by atoms with Gasteiger partial charge in [0.1, 0.15) is 0 Å². The minimum atomic E-state index is 0.102. The zero-order valence-electron chi connectivity index (χ0n) is 8.04. The van der Waals surface area contributed by atoms with E-state index in [1.54, 1.807) is 0 Å². The van der Waals surface area contributed by atoms with E-state index >= 15 is 0 Å². The molecular formula is C9H17NO2. The summed E-state index contributed by atoms with van der Waals surface area (Å²) in [5.41, 5.74) is 0. The summed E-state index contributed by atoms with van der Waals surface area (Å²) in [5.74, 6) is 0.344. The maximum absolute atomic E-state index is 11.6. The molecule has 0 unspecified atom stereocenters. The van der Waals surface area contributed by atoms with Gasteiger partial charge in [0.05, 0.1) is 19.3 Å². The first-order valence-corrected chi connectivity index (χ1v) is 4.51. The summed E-state index contributed by atoms with van der Waals surface area (Å²) in [6.45, 7) is 8.01. The second kappa shape index (κ2) is 3.90. The van der Waals surface area contributed by atoms with Crippen molar-refractivity contribution in [2.75, 3.05) is 19.8 Å². The molecule has 1 rings (SSSR count). The summed E-state index contributed by atoms with van der Waals surface area (Å²) >= 11 is 0. The molecule has 3 nitrogen and oxygen atoms in total. The first-order chi connectivity index (χ1) is 5.63. The third kappa shape index (κ3) is 1.97. The van der Waals surface area contributed by atoms with Gasteiger partial charge >= 0.3 is 0 Å². The number of amides is 1. The largest absolute Gasteiger partial charge is 0.377 e. The molecule has 1 atom stereocenters. The van der Waals surface area contributed by atoms with Crippen LogP contribution in [0.2, 0.25) is 0 Å². The van der Waals surface area contributed by atoms with Gasteiger partial charge in [0.25, 0.3) is 0 Å². The normalized spacial score (nSPS) is 24.7. The Balaban J connectivity index is 2.53. The number of carbonyl (C=O) groups is 1. The molecule has 0 aromatic rings. The molecule has 1 aliphatic heterocycles. The quantitative estimate of drug-likeness (QED) is 0.586. The molecule has 3 heteroatoms. The predicted octanol–water partition coefficient (Wildman–Crippen LogP) is 0.890. The highest BCUT2D eigenvalue weighted by atomic mass is 16.5. The molecule has 0 saturated carbocycles.